The number of carbonyl (C=O) groups is 1. The highest BCUT2D eigenvalue weighted by Gasteiger charge is 2.29. The molecule has 1 aliphatic rings. The molecule has 94 valence electrons. The lowest BCUT2D eigenvalue weighted by Crippen LogP contribution is -2.48. The molecule has 1 aliphatic heterocycles. The number of hydrogen-bond acceptors (Lipinski definition) is 4. The molecule has 5 heteroatoms. The topological polar surface area (TPSA) is 72.4 Å². The highest BCUT2D eigenvalue weighted by molar-refractivity contribution is 5.92. The molecule has 5 nitrogen and oxygen atoms in total. The van der Waals surface area contributed by atoms with E-state index in [1.165, 1.54) is 0 Å². The smallest absolute Gasteiger partial charge is 0.291 e. The fourth-order valence-electron chi connectivity index (χ4n) is 2.44. The molecule has 0 aliphatic carbocycles. The molecule has 0 bridgehead atoms. The molecule has 1 amide bonds. The van der Waals surface area contributed by atoms with Crippen LogP contribution in [0, 0.1) is 19.8 Å². The van der Waals surface area contributed by atoms with Crippen molar-refractivity contribution in [3.63, 3.8) is 0 Å². The number of nitrogens with two attached hydrogens (primary N) is 1. The Balaban J connectivity index is 2.17. The summed E-state index contributed by atoms with van der Waals surface area (Å²) in [5.74, 6) is 1.22. The maximum absolute atomic E-state index is 12.3. The largest absolute Gasteiger partial charge is 0.436 e. The van der Waals surface area contributed by atoms with E-state index >= 15 is 0 Å². The van der Waals surface area contributed by atoms with E-state index in [1.54, 1.807) is 18.7 Å². The van der Waals surface area contributed by atoms with Gasteiger partial charge in [0.25, 0.3) is 5.91 Å². The van der Waals surface area contributed by atoms with Gasteiger partial charge in [-0.3, -0.25) is 4.79 Å². The van der Waals surface area contributed by atoms with Crippen molar-refractivity contribution in [2.24, 2.45) is 11.7 Å². The average molecular weight is 237 g/mol. The quantitative estimate of drug-likeness (QED) is 0.794. The Morgan fingerprint density at radius 1 is 1.47 bits per heavy atom. The molecule has 0 saturated carbocycles. The normalized spacial score (nSPS) is 25.1. The summed E-state index contributed by atoms with van der Waals surface area (Å²) in [5, 5.41) is 0. The Labute approximate surface area is 101 Å². The van der Waals surface area contributed by atoms with Gasteiger partial charge in [-0.25, -0.2) is 4.98 Å². The lowest BCUT2D eigenvalue weighted by molar-refractivity contribution is 0.0626. The molecule has 2 unspecified atom stereocenters. The molecular formula is C12H19N3O2. The Kier molecular flexibility index (Phi) is 3.19. The second kappa shape index (κ2) is 4.49. The molecule has 2 heterocycles. The van der Waals surface area contributed by atoms with Crippen molar-refractivity contribution in [1.82, 2.24) is 9.88 Å². The highest BCUT2D eigenvalue weighted by atomic mass is 16.4. The van der Waals surface area contributed by atoms with Crippen LogP contribution < -0.4 is 5.73 Å². The number of oxazole rings is 1. The van der Waals surface area contributed by atoms with E-state index in [-0.39, 0.29) is 11.9 Å². The zero-order valence-electron chi connectivity index (χ0n) is 10.6. The molecule has 2 atom stereocenters. The van der Waals surface area contributed by atoms with Gasteiger partial charge in [-0.1, -0.05) is 6.92 Å². The first kappa shape index (κ1) is 12.1. The van der Waals surface area contributed by atoms with Gasteiger partial charge in [0.05, 0.1) is 5.69 Å². The summed E-state index contributed by atoms with van der Waals surface area (Å²) in [5.41, 5.74) is 6.59. The molecule has 1 saturated heterocycles. The fraction of sp³-hybridized carbons (Fsp3) is 0.667. The molecule has 1 fully saturated rings. The summed E-state index contributed by atoms with van der Waals surface area (Å²) in [6.07, 6.45) is 0.970. The summed E-state index contributed by atoms with van der Waals surface area (Å²) >= 11 is 0. The fourth-order valence-corrected chi connectivity index (χ4v) is 2.44. The predicted molar refractivity (Wildman–Crippen MR) is 63.6 cm³/mol. The molecular weight excluding hydrogens is 218 g/mol. The van der Waals surface area contributed by atoms with Crippen LogP contribution in [-0.2, 0) is 0 Å². The van der Waals surface area contributed by atoms with Gasteiger partial charge in [0.1, 0.15) is 0 Å². The average Bonchev–Trinajstić information content (AvgIpc) is 2.55. The summed E-state index contributed by atoms with van der Waals surface area (Å²) in [4.78, 5) is 18.2. The molecule has 1 aromatic heterocycles. The van der Waals surface area contributed by atoms with Crippen LogP contribution in [0.5, 0.6) is 0 Å². The van der Waals surface area contributed by atoms with Crippen molar-refractivity contribution in [3.8, 4) is 0 Å². The van der Waals surface area contributed by atoms with Gasteiger partial charge >= 0.3 is 0 Å². The van der Waals surface area contributed by atoms with E-state index in [2.05, 4.69) is 11.9 Å². The van der Waals surface area contributed by atoms with Gasteiger partial charge in [0, 0.05) is 26.1 Å². The molecule has 1 aromatic rings. The number of aryl methyl sites for hydroxylation is 2. The Hall–Kier alpha value is -1.36. The summed E-state index contributed by atoms with van der Waals surface area (Å²) in [6.45, 7) is 6.98. The minimum Gasteiger partial charge on any atom is -0.436 e. The Morgan fingerprint density at radius 3 is 2.71 bits per heavy atom. The zero-order chi connectivity index (χ0) is 12.6. The van der Waals surface area contributed by atoms with Crippen LogP contribution in [0.1, 0.15) is 35.5 Å². The molecule has 2 rings (SSSR count). The second-order valence-electron chi connectivity index (χ2n) is 4.96. The van der Waals surface area contributed by atoms with E-state index in [0.717, 1.165) is 13.0 Å². The van der Waals surface area contributed by atoms with Crippen molar-refractivity contribution in [1.29, 1.82) is 0 Å². The molecule has 0 radical (unpaired) electrons. The van der Waals surface area contributed by atoms with E-state index in [4.69, 9.17) is 10.2 Å². The number of carbonyl (C=O) groups excluding carboxylic acids is 1. The number of likely N-dealkylation sites (tertiary alicyclic amines) is 1. The van der Waals surface area contributed by atoms with E-state index in [0.29, 0.717) is 29.8 Å². The number of aromatic nitrogens is 1. The first-order valence-electron chi connectivity index (χ1n) is 5.96. The number of rotatable bonds is 1. The monoisotopic (exact) mass is 237 g/mol. The van der Waals surface area contributed by atoms with Crippen LogP contribution in [0.4, 0.5) is 0 Å². The van der Waals surface area contributed by atoms with Gasteiger partial charge in [0.2, 0.25) is 5.76 Å². The standard InChI is InChI=1S/C12H19N3O2/c1-7-4-10(13)6-15(5-7)12(16)11-8(2)14-9(3)17-11/h7,10H,4-6,13H2,1-3H3. The van der Waals surface area contributed by atoms with Crippen molar-refractivity contribution in [2.75, 3.05) is 13.1 Å². The Morgan fingerprint density at radius 2 is 2.18 bits per heavy atom. The van der Waals surface area contributed by atoms with Crippen molar-refractivity contribution in [3.05, 3.63) is 17.3 Å². The van der Waals surface area contributed by atoms with Crippen molar-refractivity contribution >= 4 is 5.91 Å². The summed E-state index contributed by atoms with van der Waals surface area (Å²) in [6, 6.07) is 0.0621. The lowest BCUT2D eigenvalue weighted by atomic mass is 9.96. The third kappa shape index (κ3) is 2.49. The predicted octanol–water partition coefficient (Wildman–Crippen LogP) is 1.10. The van der Waals surface area contributed by atoms with E-state index < -0.39 is 0 Å². The van der Waals surface area contributed by atoms with Gasteiger partial charge in [-0.15, -0.1) is 0 Å². The van der Waals surface area contributed by atoms with Crippen LogP contribution in [0.15, 0.2) is 4.42 Å². The molecule has 0 aromatic carbocycles. The minimum atomic E-state index is -0.0925. The molecule has 0 spiro atoms. The molecule has 17 heavy (non-hydrogen) atoms. The molecule has 2 N–H and O–H groups in total. The number of amides is 1. The van der Waals surface area contributed by atoms with Crippen molar-refractivity contribution < 1.29 is 9.21 Å². The van der Waals surface area contributed by atoms with Crippen LogP contribution in [0.25, 0.3) is 0 Å². The van der Waals surface area contributed by atoms with Crippen LogP contribution in [0.3, 0.4) is 0 Å². The SMILES string of the molecule is Cc1nc(C)c(C(=O)N2CC(C)CC(N)C2)o1. The lowest BCUT2D eigenvalue weighted by Gasteiger charge is -2.34. The van der Waals surface area contributed by atoms with Crippen LogP contribution >= 0.6 is 0 Å². The third-order valence-corrected chi connectivity index (χ3v) is 3.08. The van der Waals surface area contributed by atoms with Gasteiger partial charge in [-0.2, -0.15) is 0 Å². The van der Waals surface area contributed by atoms with Gasteiger partial charge < -0.3 is 15.1 Å². The number of nitrogens with zero attached hydrogens (tertiary/aromatic N) is 2. The second-order valence-corrected chi connectivity index (χ2v) is 4.96. The van der Waals surface area contributed by atoms with Gasteiger partial charge in [-0.05, 0) is 19.3 Å². The summed E-state index contributed by atoms with van der Waals surface area (Å²) < 4.78 is 5.36. The van der Waals surface area contributed by atoms with E-state index in [9.17, 15) is 4.79 Å². The highest BCUT2D eigenvalue weighted by Crippen LogP contribution is 2.19. The Bertz CT molecular complexity index is 417. The third-order valence-electron chi connectivity index (χ3n) is 3.08. The van der Waals surface area contributed by atoms with Crippen LogP contribution in [-0.4, -0.2) is 34.9 Å². The number of piperidine rings is 1. The number of hydrogen-bond donors (Lipinski definition) is 1. The van der Waals surface area contributed by atoms with Crippen molar-refractivity contribution in [2.45, 2.75) is 33.2 Å². The van der Waals surface area contributed by atoms with Crippen LogP contribution in [0.2, 0.25) is 0 Å². The minimum absolute atomic E-state index is 0.0621. The summed E-state index contributed by atoms with van der Waals surface area (Å²) in [7, 11) is 0. The first-order chi connectivity index (χ1) is 7.97. The van der Waals surface area contributed by atoms with Gasteiger partial charge in [0.15, 0.2) is 5.89 Å². The first-order valence-corrected chi connectivity index (χ1v) is 5.96. The maximum Gasteiger partial charge on any atom is 0.291 e. The van der Waals surface area contributed by atoms with E-state index in [1.807, 2.05) is 0 Å². The maximum atomic E-state index is 12.3. The zero-order valence-corrected chi connectivity index (χ0v) is 10.6.